The summed E-state index contributed by atoms with van der Waals surface area (Å²) in [5.41, 5.74) is 2.65. The summed E-state index contributed by atoms with van der Waals surface area (Å²) in [5, 5.41) is 0.154. The summed E-state index contributed by atoms with van der Waals surface area (Å²) in [6, 6.07) is 7.76. The zero-order valence-electron chi connectivity index (χ0n) is 22.1. The summed E-state index contributed by atoms with van der Waals surface area (Å²) in [7, 11) is -3.66. The van der Waals surface area contributed by atoms with Crippen LogP contribution in [0.15, 0.2) is 35.6 Å². The molecule has 1 unspecified atom stereocenters. The Balaban J connectivity index is 1.46. The van der Waals surface area contributed by atoms with E-state index in [1.54, 1.807) is 6.20 Å². The van der Waals surface area contributed by atoms with Crippen molar-refractivity contribution in [3.05, 3.63) is 47.3 Å². The topological polar surface area (TPSA) is 81.5 Å². The summed E-state index contributed by atoms with van der Waals surface area (Å²) in [6.07, 6.45) is 13.1. The molecule has 1 aliphatic heterocycles. The Morgan fingerprint density at radius 2 is 1.81 bits per heavy atom. The molecule has 2 heterocycles. The molecule has 37 heavy (non-hydrogen) atoms. The molecular weight excluding hydrogens is 486 g/mol. The summed E-state index contributed by atoms with van der Waals surface area (Å²) in [4.78, 5) is 20.1. The lowest BCUT2D eigenvalue weighted by atomic mass is 9.95. The van der Waals surface area contributed by atoms with Gasteiger partial charge in [-0.2, -0.15) is 0 Å². The average Bonchev–Trinajstić information content (AvgIpc) is 3.66. The van der Waals surface area contributed by atoms with Crippen molar-refractivity contribution < 1.29 is 17.9 Å². The van der Waals surface area contributed by atoms with E-state index in [2.05, 4.69) is 4.98 Å². The van der Waals surface area contributed by atoms with Gasteiger partial charge in [-0.15, -0.1) is 0 Å². The summed E-state index contributed by atoms with van der Waals surface area (Å²) in [6.45, 7) is 3.67. The van der Waals surface area contributed by atoms with Crippen molar-refractivity contribution >= 4 is 15.7 Å². The van der Waals surface area contributed by atoms with E-state index in [1.165, 1.54) is 6.42 Å². The van der Waals surface area contributed by atoms with Crippen LogP contribution >= 0.6 is 0 Å². The monoisotopic (exact) mass is 527 g/mol. The fraction of sp³-hybridized carbons (Fsp3) is 0.655. The highest BCUT2D eigenvalue weighted by Gasteiger charge is 2.33. The number of carbonyl (C=O) groups excluding carboxylic acids is 1. The van der Waals surface area contributed by atoms with Gasteiger partial charge in [-0.1, -0.05) is 61.9 Å². The van der Waals surface area contributed by atoms with Crippen molar-refractivity contribution in [3.63, 3.8) is 0 Å². The first-order valence-corrected chi connectivity index (χ1v) is 15.8. The fourth-order valence-corrected chi connectivity index (χ4v) is 7.96. The molecule has 0 N–H and O–H groups in total. The molecule has 1 saturated heterocycles. The van der Waals surface area contributed by atoms with Gasteiger partial charge in [0.05, 0.1) is 30.3 Å². The maximum atomic E-state index is 13.7. The third-order valence-electron chi connectivity index (χ3n) is 8.31. The number of aryl methyl sites for hydroxylation is 1. The second kappa shape index (κ2) is 11.7. The Morgan fingerprint density at radius 1 is 1.05 bits per heavy atom. The van der Waals surface area contributed by atoms with E-state index in [9.17, 15) is 13.2 Å². The first-order valence-electron chi connectivity index (χ1n) is 14.2. The Kier molecular flexibility index (Phi) is 8.34. The van der Waals surface area contributed by atoms with Crippen LogP contribution in [0.5, 0.6) is 0 Å². The van der Waals surface area contributed by atoms with Crippen LogP contribution in [0.4, 0.5) is 0 Å². The lowest BCUT2D eigenvalue weighted by molar-refractivity contribution is -0.137. The number of amides is 1. The number of sulfone groups is 1. The van der Waals surface area contributed by atoms with Gasteiger partial charge in [0, 0.05) is 25.1 Å². The number of carbonyl (C=O) groups is 1. The Bertz CT molecular complexity index is 1170. The average molecular weight is 528 g/mol. The van der Waals surface area contributed by atoms with Gasteiger partial charge in [0.2, 0.25) is 20.9 Å². The second-order valence-electron chi connectivity index (χ2n) is 11.3. The highest BCUT2D eigenvalue weighted by atomic mass is 32.2. The number of rotatable bonds is 9. The van der Waals surface area contributed by atoms with E-state index in [1.807, 2.05) is 40.7 Å². The van der Waals surface area contributed by atoms with Crippen molar-refractivity contribution in [2.45, 2.75) is 107 Å². The highest BCUT2D eigenvalue weighted by Crippen LogP contribution is 2.34. The van der Waals surface area contributed by atoms with E-state index in [0.717, 1.165) is 87.6 Å². The quantitative estimate of drug-likeness (QED) is 0.438. The molecule has 3 fully saturated rings. The summed E-state index contributed by atoms with van der Waals surface area (Å²) < 4.78 is 35.3. The standard InChI is InChI=1S/C29H41N3O4S/c1-22-9-7-10-23(17-22)21-37(34,35)29-30-18-26(32(29)25-13-3-2-4-14-25)19-31(20-27-15-8-16-36-27)28(33)24-11-5-6-12-24/h7,9-10,17-18,24-25,27H,2-6,8,11-16,19-21H2,1H3. The van der Waals surface area contributed by atoms with Crippen LogP contribution in [0, 0.1) is 12.8 Å². The Labute approximate surface area is 221 Å². The molecule has 2 aliphatic carbocycles. The maximum absolute atomic E-state index is 13.7. The molecule has 3 aliphatic rings. The van der Waals surface area contributed by atoms with Crippen LogP contribution in [0.3, 0.4) is 0 Å². The number of aromatic nitrogens is 2. The van der Waals surface area contributed by atoms with Crippen molar-refractivity contribution in [2.75, 3.05) is 13.2 Å². The number of ether oxygens (including phenoxy) is 1. The molecule has 8 heteroatoms. The minimum atomic E-state index is -3.66. The van der Waals surface area contributed by atoms with E-state index >= 15 is 0 Å². The van der Waals surface area contributed by atoms with E-state index < -0.39 is 9.84 Å². The number of hydrogen-bond acceptors (Lipinski definition) is 5. The lowest BCUT2D eigenvalue weighted by Crippen LogP contribution is -2.40. The van der Waals surface area contributed by atoms with Gasteiger partial charge in [-0.25, -0.2) is 13.4 Å². The van der Waals surface area contributed by atoms with Gasteiger partial charge in [0.1, 0.15) is 0 Å². The Morgan fingerprint density at radius 3 is 2.51 bits per heavy atom. The molecule has 1 amide bonds. The zero-order valence-corrected chi connectivity index (χ0v) is 22.9. The van der Waals surface area contributed by atoms with Crippen molar-refractivity contribution in [1.29, 1.82) is 0 Å². The lowest BCUT2D eigenvalue weighted by Gasteiger charge is -2.31. The zero-order chi connectivity index (χ0) is 25.8. The van der Waals surface area contributed by atoms with Gasteiger partial charge in [-0.05, 0) is 51.0 Å². The van der Waals surface area contributed by atoms with Crippen LogP contribution in [-0.4, -0.2) is 48.0 Å². The van der Waals surface area contributed by atoms with Gasteiger partial charge >= 0.3 is 0 Å². The highest BCUT2D eigenvalue weighted by molar-refractivity contribution is 7.90. The predicted molar refractivity (Wildman–Crippen MR) is 143 cm³/mol. The fourth-order valence-electron chi connectivity index (χ4n) is 6.43. The van der Waals surface area contributed by atoms with Gasteiger partial charge in [0.25, 0.3) is 0 Å². The van der Waals surface area contributed by atoms with Crippen LogP contribution in [0.1, 0.15) is 93.5 Å². The summed E-state index contributed by atoms with van der Waals surface area (Å²) in [5.74, 6) is 0.184. The van der Waals surface area contributed by atoms with Crippen LogP contribution in [-0.2, 0) is 31.7 Å². The minimum Gasteiger partial charge on any atom is -0.376 e. The van der Waals surface area contributed by atoms with E-state index in [4.69, 9.17) is 4.74 Å². The predicted octanol–water partition coefficient (Wildman–Crippen LogP) is 5.37. The molecule has 2 saturated carbocycles. The number of imidazole rings is 1. The minimum absolute atomic E-state index is 0.0564. The molecule has 1 atom stereocenters. The van der Waals surface area contributed by atoms with Gasteiger partial charge in [0.15, 0.2) is 0 Å². The molecular formula is C29H41N3O4S. The smallest absolute Gasteiger partial charge is 0.228 e. The van der Waals surface area contributed by atoms with Crippen LogP contribution in [0.25, 0.3) is 0 Å². The van der Waals surface area contributed by atoms with Crippen LogP contribution in [0.2, 0.25) is 0 Å². The molecule has 1 aromatic carbocycles. The molecule has 0 bridgehead atoms. The molecule has 2 aromatic rings. The normalized spacial score (nSPS) is 21.5. The van der Waals surface area contributed by atoms with Crippen molar-refractivity contribution in [3.8, 4) is 0 Å². The van der Waals surface area contributed by atoms with Gasteiger partial charge in [-0.3, -0.25) is 4.79 Å². The molecule has 202 valence electrons. The third kappa shape index (κ3) is 6.28. The first-order chi connectivity index (χ1) is 17.9. The SMILES string of the molecule is Cc1cccc(CS(=O)(=O)c2ncc(CN(CC3CCCO3)C(=O)C3CCCC3)n2C2CCCCC2)c1. The summed E-state index contributed by atoms with van der Waals surface area (Å²) >= 11 is 0. The molecule has 5 rings (SSSR count). The third-order valence-corrected chi connectivity index (χ3v) is 9.89. The van der Waals surface area contributed by atoms with Crippen molar-refractivity contribution in [1.82, 2.24) is 14.5 Å². The molecule has 7 nitrogen and oxygen atoms in total. The number of hydrogen-bond donors (Lipinski definition) is 0. The first kappa shape index (κ1) is 26.4. The van der Waals surface area contributed by atoms with Gasteiger partial charge < -0.3 is 14.2 Å². The van der Waals surface area contributed by atoms with E-state index in [0.29, 0.717) is 13.1 Å². The van der Waals surface area contributed by atoms with Crippen molar-refractivity contribution in [2.24, 2.45) is 5.92 Å². The molecule has 0 spiro atoms. The van der Waals surface area contributed by atoms with E-state index in [-0.39, 0.29) is 34.9 Å². The Hall–Kier alpha value is -2.19. The molecule has 1 aromatic heterocycles. The number of nitrogens with zero attached hydrogens (tertiary/aromatic N) is 3. The molecule has 0 radical (unpaired) electrons. The number of benzene rings is 1. The maximum Gasteiger partial charge on any atom is 0.228 e. The second-order valence-corrected chi connectivity index (χ2v) is 13.2. The largest absolute Gasteiger partial charge is 0.376 e. The van der Waals surface area contributed by atoms with Crippen LogP contribution < -0.4 is 0 Å².